The van der Waals surface area contributed by atoms with E-state index < -0.39 is 0 Å². The molecule has 2 rings (SSSR count). The Balaban J connectivity index is 2.54. The highest BCUT2D eigenvalue weighted by Crippen LogP contribution is 2.25. The molecule has 1 aromatic carbocycles. The molecule has 3 heteroatoms. The monoisotopic (exact) mass is 199 g/mol. The van der Waals surface area contributed by atoms with Crippen molar-refractivity contribution >= 4 is 10.9 Å². The molecule has 0 aliphatic heterocycles. The van der Waals surface area contributed by atoms with E-state index in [1.807, 2.05) is 25.1 Å². The summed E-state index contributed by atoms with van der Waals surface area (Å²) in [5, 5.41) is 9.80. The Morgan fingerprint density at radius 2 is 2.20 bits per heavy atom. The van der Waals surface area contributed by atoms with Gasteiger partial charge in [-0.05, 0) is 18.6 Å². The van der Waals surface area contributed by atoms with E-state index >= 15 is 0 Å². The molecule has 3 nitrogen and oxygen atoms in total. The van der Waals surface area contributed by atoms with Crippen molar-refractivity contribution in [2.24, 2.45) is 5.73 Å². The number of nitriles is 1. The number of aromatic nitrogens is 1. The molecule has 1 aromatic heterocycles. The number of fused-ring (bicyclic) bond motifs is 1. The van der Waals surface area contributed by atoms with Crippen LogP contribution in [-0.2, 0) is 0 Å². The van der Waals surface area contributed by atoms with E-state index in [1.165, 1.54) is 5.39 Å². The number of hydrogen-bond donors (Lipinski definition) is 2. The number of aromatic amines is 1. The zero-order valence-corrected chi connectivity index (χ0v) is 8.62. The van der Waals surface area contributed by atoms with Crippen LogP contribution in [0.4, 0.5) is 0 Å². The zero-order valence-electron chi connectivity index (χ0n) is 8.62. The lowest BCUT2D eigenvalue weighted by molar-refractivity contribution is 0.723. The number of aryl methyl sites for hydroxylation is 1. The number of para-hydroxylation sites is 1. The Morgan fingerprint density at radius 1 is 1.47 bits per heavy atom. The van der Waals surface area contributed by atoms with Gasteiger partial charge in [-0.25, -0.2) is 0 Å². The molecule has 3 N–H and O–H groups in total. The number of benzene rings is 1. The van der Waals surface area contributed by atoms with Crippen molar-refractivity contribution < 1.29 is 0 Å². The van der Waals surface area contributed by atoms with Gasteiger partial charge in [0.05, 0.1) is 18.5 Å². The van der Waals surface area contributed by atoms with Gasteiger partial charge in [-0.3, -0.25) is 0 Å². The van der Waals surface area contributed by atoms with Gasteiger partial charge in [0.25, 0.3) is 0 Å². The third kappa shape index (κ3) is 1.60. The first kappa shape index (κ1) is 9.75. The minimum absolute atomic E-state index is 0.220. The van der Waals surface area contributed by atoms with Crippen LogP contribution in [0.1, 0.15) is 23.7 Å². The van der Waals surface area contributed by atoms with E-state index in [2.05, 4.69) is 17.1 Å². The summed E-state index contributed by atoms with van der Waals surface area (Å²) in [7, 11) is 0. The Bertz CT molecular complexity index is 519. The number of nitrogens with one attached hydrogen (secondary N) is 1. The average molecular weight is 199 g/mol. The van der Waals surface area contributed by atoms with Crippen molar-refractivity contribution in [3.63, 3.8) is 0 Å². The minimum Gasteiger partial charge on any atom is -0.357 e. The molecular weight excluding hydrogens is 186 g/mol. The molecule has 0 saturated heterocycles. The van der Waals surface area contributed by atoms with Crippen LogP contribution in [0.5, 0.6) is 0 Å². The molecule has 0 aliphatic carbocycles. The zero-order chi connectivity index (χ0) is 10.8. The van der Waals surface area contributed by atoms with E-state index in [1.54, 1.807) is 0 Å². The fraction of sp³-hybridized carbons (Fsp3) is 0.250. The van der Waals surface area contributed by atoms with Crippen LogP contribution in [0.15, 0.2) is 24.3 Å². The smallest absolute Gasteiger partial charge is 0.0642 e. The van der Waals surface area contributed by atoms with Crippen LogP contribution in [0.25, 0.3) is 10.9 Å². The van der Waals surface area contributed by atoms with Crippen molar-refractivity contribution in [2.75, 3.05) is 0 Å². The summed E-state index contributed by atoms with van der Waals surface area (Å²) in [5.74, 6) is 0. The number of nitrogens with zero attached hydrogens (tertiary/aromatic N) is 1. The number of rotatable bonds is 2. The fourth-order valence-corrected chi connectivity index (χ4v) is 1.87. The summed E-state index contributed by atoms with van der Waals surface area (Å²) < 4.78 is 0. The molecule has 1 heterocycles. The normalized spacial score (nSPS) is 12.6. The topological polar surface area (TPSA) is 65.6 Å². The molecule has 0 fully saturated rings. The van der Waals surface area contributed by atoms with Gasteiger partial charge in [0.2, 0.25) is 0 Å². The van der Waals surface area contributed by atoms with Crippen LogP contribution in [0, 0.1) is 18.3 Å². The predicted molar refractivity (Wildman–Crippen MR) is 60.2 cm³/mol. The molecule has 76 valence electrons. The van der Waals surface area contributed by atoms with Gasteiger partial charge in [0.15, 0.2) is 0 Å². The van der Waals surface area contributed by atoms with Gasteiger partial charge in [0, 0.05) is 16.6 Å². The van der Waals surface area contributed by atoms with Gasteiger partial charge in [-0.2, -0.15) is 5.26 Å². The first-order valence-corrected chi connectivity index (χ1v) is 4.93. The van der Waals surface area contributed by atoms with E-state index in [4.69, 9.17) is 11.0 Å². The summed E-state index contributed by atoms with van der Waals surface area (Å²) in [5.41, 5.74) is 9.12. The Morgan fingerprint density at radius 3 is 2.87 bits per heavy atom. The Hall–Kier alpha value is -1.79. The molecular formula is C12H13N3. The predicted octanol–water partition coefficient (Wildman–Crippen LogP) is 2.39. The van der Waals surface area contributed by atoms with Gasteiger partial charge >= 0.3 is 0 Å². The first-order valence-electron chi connectivity index (χ1n) is 4.93. The van der Waals surface area contributed by atoms with Gasteiger partial charge in [-0.15, -0.1) is 0 Å². The number of hydrogen-bond acceptors (Lipinski definition) is 2. The standard InChI is InChI=1S/C12H13N3/c1-8-9-4-2-3-5-11(9)15-12(8)10(14)6-7-13/h2-5,10,15H,6,14H2,1H3/t10-/m1/s1. The number of nitrogens with two attached hydrogens (primary N) is 1. The van der Waals surface area contributed by atoms with E-state index in [9.17, 15) is 0 Å². The fourth-order valence-electron chi connectivity index (χ4n) is 1.87. The van der Waals surface area contributed by atoms with Gasteiger partial charge < -0.3 is 10.7 Å². The van der Waals surface area contributed by atoms with Crippen molar-refractivity contribution in [1.29, 1.82) is 5.26 Å². The summed E-state index contributed by atoms with van der Waals surface area (Å²) in [6.45, 7) is 2.03. The maximum absolute atomic E-state index is 8.62. The lowest BCUT2D eigenvalue weighted by Gasteiger charge is -2.05. The number of H-pyrrole nitrogens is 1. The van der Waals surface area contributed by atoms with Crippen LogP contribution in [-0.4, -0.2) is 4.98 Å². The lowest BCUT2D eigenvalue weighted by Crippen LogP contribution is -2.10. The Labute approximate surface area is 88.5 Å². The maximum Gasteiger partial charge on any atom is 0.0642 e. The summed E-state index contributed by atoms with van der Waals surface area (Å²) >= 11 is 0. The highest BCUT2D eigenvalue weighted by Gasteiger charge is 2.13. The van der Waals surface area contributed by atoms with E-state index in [-0.39, 0.29) is 6.04 Å². The van der Waals surface area contributed by atoms with Crippen molar-refractivity contribution in [1.82, 2.24) is 4.98 Å². The summed E-state index contributed by atoms with van der Waals surface area (Å²) in [6.07, 6.45) is 0.341. The van der Waals surface area contributed by atoms with Crippen LogP contribution in [0.2, 0.25) is 0 Å². The summed E-state index contributed by atoms with van der Waals surface area (Å²) in [6, 6.07) is 9.94. The molecule has 1 atom stereocenters. The van der Waals surface area contributed by atoms with Crippen molar-refractivity contribution in [3.05, 3.63) is 35.5 Å². The molecule has 0 spiro atoms. The molecule has 0 aliphatic rings. The SMILES string of the molecule is Cc1c([C@H](N)CC#N)[nH]c2ccccc12. The van der Waals surface area contributed by atoms with E-state index in [0.29, 0.717) is 6.42 Å². The van der Waals surface area contributed by atoms with Gasteiger partial charge in [0.1, 0.15) is 0 Å². The molecule has 15 heavy (non-hydrogen) atoms. The molecule has 0 radical (unpaired) electrons. The molecule has 0 amide bonds. The first-order chi connectivity index (χ1) is 7.24. The second-order valence-electron chi connectivity index (χ2n) is 3.68. The quantitative estimate of drug-likeness (QED) is 0.779. The molecule has 0 unspecified atom stereocenters. The minimum atomic E-state index is -0.220. The second kappa shape index (κ2) is 3.76. The molecule has 0 bridgehead atoms. The summed E-state index contributed by atoms with van der Waals surface area (Å²) in [4.78, 5) is 3.27. The Kier molecular flexibility index (Phi) is 2.44. The largest absolute Gasteiger partial charge is 0.357 e. The molecule has 2 aromatic rings. The third-order valence-electron chi connectivity index (χ3n) is 2.69. The average Bonchev–Trinajstić information content (AvgIpc) is 2.57. The van der Waals surface area contributed by atoms with E-state index in [0.717, 1.165) is 16.8 Å². The highest BCUT2D eigenvalue weighted by molar-refractivity contribution is 5.84. The van der Waals surface area contributed by atoms with Crippen molar-refractivity contribution in [3.8, 4) is 6.07 Å². The van der Waals surface area contributed by atoms with Crippen LogP contribution < -0.4 is 5.73 Å². The van der Waals surface area contributed by atoms with Crippen LogP contribution in [0.3, 0.4) is 0 Å². The second-order valence-corrected chi connectivity index (χ2v) is 3.68. The molecule has 0 saturated carbocycles. The maximum atomic E-state index is 8.62. The third-order valence-corrected chi connectivity index (χ3v) is 2.69. The lowest BCUT2D eigenvalue weighted by atomic mass is 10.1. The highest BCUT2D eigenvalue weighted by atomic mass is 14.8. The van der Waals surface area contributed by atoms with Crippen molar-refractivity contribution in [2.45, 2.75) is 19.4 Å². The van der Waals surface area contributed by atoms with Crippen LogP contribution >= 0.6 is 0 Å². The van der Waals surface area contributed by atoms with Gasteiger partial charge in [-0.1, -0.05) is 18.2 Å².